The van der Waals surface area contributed by atoms with E-state index in [0.29, 0.717) is 6.54 Å². The number of hydrogen-bond donors (Lipinski definition) is 1. The minimum absolute atomic E-state index is 0.0730. The molecule has 84 valence electrons. The Hall–Kier alpha value is -0.650. The molecule has 2 rings (SSSR count). The van der Waals surface area contributed by atoms with E-state index >= 15 is 0 Å². The van der Waals surface area contributed by atoms with Crippen molar-refractivity contribution in [3.05, 3.63) is 51.2 Å². The molecule has 0 saturated heterocycles. The van der Waals surface area contributed by atoms with Crippen LogP contribution in [0.15, 0.2) is 45.6 Å². The minimum Gasteiger partial charge on any atom is -0.328 e. The zero-order valence-corrected chi connectivity index (χ0v) is 11.6. The van der Waals surface area contributed by atoms with Crippen LogP contribution in [0.4, 0.5) is 0 Å². The smallest absolute Gasteiger partial charge is 0.0891 e. The first-order chi connectivity index (χ1) is 7.70. The summed E-state index contributed by atoms with van der Waals surface area (Å²) in [5, 5.41) is 4.27. The SMILES string of the molecule is NCC(c1cccc(Br)c1)n1cc(Br)cn1. The lowest BCUT2D eigenvalue weighted by atomic mass is 10.1. The van der Waals surface area contributed by atoms with E-state index in [2.05, 4.69) is 49.1 Å². The van der Waals surface area contributed by atoms with E-state index in [1.807, 2.05) is 23.0 Å². The summed E-state index contributed by atoms with van der Waals surface area (Å²) >= 11 is 6.84. The first kappa shape index (κ1) is 11.8. The van der Waals surface area contributed by atoms with Crippen LogP contribution < -0.4 is 5.73 Å². The highest BCUT2D eigenvalue weighted by Crippen LogP contribution is 2.21. The molecular formula is C11H11Br2N3. The van der Waals surface area contributed by atoms with Crippen LogP contribution in [0.1, 0.15) is 11.6 Å². The molecule has 1 atom stereocenters. The van der Waals surface area contributed by atoms with Gasteiger partial charge in [0, 0.05) is 17.2 Å². The van der Waals surface area contributed by atoms with Gasteiger partial charge in [-0.2, -0.15) is 5.10 Å². The number of halogens is 2. The van der Waals surface area contributed by atoms with Gasteiger partial charge >= 0.3 is 0 Å². The van der Waals surface area contributed by atoms with Crippen molar-refractivity contribution in [3.8, 4) is 0 Å². The molecule has 0 saturated carbocycles. The molecule has 0 aliphatic carbocycles. The lowest BCUT2D eigenvalue weighted by Gasteiger charge is -2.16. The zero-order valence-electron chi connectivity index (χ0n) is 8.48. The summed E-state index contributed by atoms with van der Waals surface area (Å²) in [6.45, 7) is 0.518. The Morgan fingerprint density at radius 2 is 2.12 bits per heavy atom. The van der Waals surface area contributed by atoms with Crippen molar-refractivity contribution in [2.45, 2.75) is 6.04 Å². The standard InChI is InChI=1S/C11H11Br2N3/c12-9-3-1-2-8(4-9)11(5-14)16-7-10(13)6-15-16/h1-4,6-7,11H,5,14H2. The van der Waals surface area contributed by atoms with E-state index < -0.39 is 0 Å². The topological polar surface area (TPSA) is 43.8 Å². The van der Waals surface area contributed by atoms with Crippen LogP contribution in [0.25, 0.3) is 0 Å². The van der Waals surface area contributed by atoms with E-state index in [0.717, 1.165) is 14.5 Å². The summed E-state index contributed by atoms with van der Waals surface area (Å²) in [5.41, 5.74) is 6.95. The predicted octanol–water partition coefficient (Wildman–Crippen LogP) is 2.96. The fraction of sp³-hybridized carbons (Fsp3) is 0.182. The number of nitrogens with zero attached hydrogens (tertiary/aromatic N) is 2. The average Bonchev–Trinajstić information content (AvgIpc) is 2.66. The number of nitrogens with two attached hydrogens (primary N) is 1. The average molecular weight is 345 g/mol. The van der Waals surface area contributed by atoms with Crippen LogP contribution in [0.3, 0.4) is 0 Å². The van der Waals surface area contributed by atoms with Crippen molar-refractivity contribution in [1.82, 2.24) is 9.78 Å². The summed E-state index contributed by atoms with van der Waals surface area (Å²) < 4.78 is 3.88. The van der Waals surface area contributed by atoms with E-state index in [1.54, 1.807) is 6.20 Å². The molecule has 16 heavy (non-hydrogen) atoms. The van der Waals surface area contributed by atoms with Crippen molar-refractivity contribution in [2.75, 3.05) is 6.54 Å². The minimum atomic E-state index is 0.0730. The Labute approximate surface area is 111 Å². The van der Waals surface area contributed by atoms with Crippen LogP contribution in [0, 0.1) is 0 Å². The third-order valence-electron chi connectivity index (χ3n) is 2.35. The molecule has 0 fully saturated rings. The van der Waals surface area contributed by atoms with Gasteiger partial charge in [0.15, 0.2) is 0 Å². The van der Waals surface area contributed by atoms with Gasteiger partial charge in [-0.25, -0.2) is 0 Å². The predicted molar refractivity (Wildman–Crippen MR) is 71.3 cm³/mol. The maximum absolute atomic E-state index is 5.80. The highest BCUT2D eigenvalue weighted by Gasteiger charge is 2.12. The monoisotopic (exact) mass is 343 g/mol. The molecule has 2 N–H and O–H groups in total. The maximum Gasteiger partial charge on any atom is 0.0891 e. The molecule has 0 bridgehead atoms. The number of hydrogen-bond acceptors (Lipinski definition) is 2. The molecule has 0 radical (unpaired) electrons. The fourth-order valence-electron chi connectivity index (χ4n) is 1.60. The molecule has 1 heterocycles. The van der Waals surface area contributed by atoms with Crippen molar-refractivity contribution in [3.63, 3.8) is 0 Å². The van der Waals surface area contributed by atoms with Gasteiger partial charge in [0.1, 0.15) is 0 Å². The molecule has 0 aliphatic heterocycles. The van der Waals surface area contributed by atoms with E-state index in [-0.39, 0.29) is 6.04 Å². The van der Waals surface area contributed by atoms with Crippen molar-refractivity contribution < 1.29 is 0 Å². The lowest BCUT2D eigenvalue weighted by molar-refractivity contribution is 0.531. The van der Waals surface area contributed by atoms with E-state index in [4.69, 9.17) is 5.73 Å². The maximum atomic E-state index is 5.80. The fourth-order valence-corrected chi connectivity index (χ4v) is 2.31. The first-order valence-corrected chi connectivity index (χ1v) is 6.44. The van der Waals surface area contributed by atoms with Gasteiger partial charge in [-0.3, -0.25) is 4.68 Å². The largest absolute Gasteiger partial charge is 0.328 e. The van der Waals surface area contributed by atoms with Crippen LogP contribution in [-0.4, -0.2) is 16.3 Å². The molecule has 1 aromatic carbocycles. The lowest BCUT2D eigenvalue weighted by Crippen LogP contribution is -2.20. The van der Waals surface area contributed by atoms with Crippen molar-refractivity contribution in [2.24, 2.45) is 5.73 Å². The van der Waals surface area contributed by atoms with Gasteiger partial charge in [-0.15, -0.1) is 0 Å². The number of rotatable bonds is 3. The number of aromatic nitrogens is 2. The van der Waals surface area contributed by atoms with Gasteiger partial charge in [-0.1, -0.05) is 28.1 Å². The Bertz CT molecular complexity index is 482. The van der Waals surface area contributed by atoms with Crippen LogP contribution in [0.5, 0.6) is 0 Å². The second-order valence-electron chi connectivity index (χ2n) is 3.45. The summed E-state index contributed by atoms with van der Waals surface area (Å²) in [6, 6.07) is 8.19. The molecule has 1 aromatic heterocycles. The van der Waals surface area contributed by atoms with Crippen molar-refractivity contribution in [1.29, 1.82) is 0 Å². The first-order valence-electron chi connectivity index (χ1n) is 4.86. The summed E-state index contributed by atoms with van der Waals surface area (Å²) in [6.07, 6.45) is 3.69. The molecule has 0 aliphatic rings. The Balaban J connectivity index is 2.36. The van der Waals surface area contributed by atoms with Crippen molar-refractivity contribution >= 4 is 31.9 Å². The van der Waals surface area contributed by atoms with Crippen LogP contribution in [0.2, 0.25) is 0 Å². The van der Waals surface area contributed by atoms with Gasteiger partial charge in [0.05, 0.1) is 16.7 Å². The molecular weight excluding hydrogens is 334 g/mol. The molecule has 0 spiro atoms. The highest BCUT2D eigenvalue weighted by atomic mass is 79.9. The van der Waals surface area contributed by atoms with Crippen LogP contribution >= 0.6 is 31.9 Å². The zero-order chi connectivity index (χ0) is 11.5. The Morgan fingerprint density at radius 1 is 1.31 bits per heavy atom. The molecule has 5 heteroatoms. The Morgan fingerprint density at radius 3 is 2.69 bits per heavy atom. The summed E-state index contributed by atoms with van der Waals surface area (Å²) in [5.74, 6) is 0. The van der Waals surface area contributed by atoms with Gasteiger partial charge in [-0.05, 0) is 33.6 Å². The second kappa shape index (κ2) is 5.12. The number of benzene rings is 1. The normalized spacial score (nSPS) is 12.7. The van der Waals surface area contributed by atoms with E-state index in [9.17, 15) is 0 Å². The summed E-state index contributed by atoms with van der Waals surface area (Å²) in [7, 11) is 0. The third kappa shape index (κ3) is 2.53. The molecule has 2 aromatic rings. The van der Waals surface area contributed by atoms with Gasteiger partial charge in [0.2, 0.25) is 0 Å². The molecule has 1 unspecified atom stereocenters. The van der Waals surface area contributed by atoms with Gasteiger partial charge < -0.3 is 5.73 Å². The van der Waals surface area contributed by atoms with Gasteiger partial charge in [0.25, 0.3) is 0 Å². The second-order valence-corrected chi connectivity index (χ2v) is 5.28. The molecule has 3 nitrogen and oxygen atoms in total. The van der Waals surface area contributed by atoms with Crippen LogP contribution in [-0.2, 0) is 0 Å². The highest BCUT2D eigenvalue weighted by molar-refractivity contribution is 9.10. The van der Waals surface area contributed by atoms with E-state index in [1.165, 1.54) is 0 Å². The third-order valence-corrected chi connectivity index (χ3v) is 3.25. The summed E-state index contributed by atoms with van der Waals surface area (Å²) in [4.78, 5) is 0. The quantitative estimate of drug-likeness (QED) is 0.930. The Kier molecular flexibility index (Phi) is 3.78. The molecule has 0 amide bonds.